The van der Waals surface area contributed by atoms with E-state index in [4.69, 9.17) is 0 Å². The van der Waals surface area contributed by atoms with Crippen LogP contribution >= 0.6 is 0 Å². The van der Waals surface area contributed by atoms with Crippen molar-refractivity contribution >= 4 is 0 Å². The van der Waals surface area contributed by atoms with Gasteiger partial charge in [-0.15, -0.1) is 0 Å². The van der Waals surface area contributed by atoms with Gasteiger partial charge in [0.25, 0.3) is 0 Å². The van der Waals surface area contributed by atoms with Crippen LogP contribution in [-0.2, 0) is 0 Å². The quantitative estimate of drug-likeness (QED) is 0.418. The van der Waals surface area contributed by atoms with Crippen LogP contribution < -0.4 is 0 Å². The summed E-state index contributed by atoms with van der Waals surface area (Å²) in [5.41, 5.74) is 0. The fourth-order valence-electron chi connectivity index (χ4n) is 0.354. The number of hydrogen-bond donors (Lipinski definition) is 0. The first-order chi connectivity index (χ1) is 2.41. The highest BCUT2D eigenvalue weighted by Crippen LogP contribution is 1.88. The molecule has 0 amide bonds. The van der Waals surface area contributed by atoms with E-state index >= 15 is 0 Å². The molecule has 11 heavy (non-hydrogen) atoms. The summed E-state index contributed by atoms with van der Waals surface area (Å²) in [5, 5.41) is 0. The SMILES string of the molecule is C.C.C.C.C.C.CCCCC.[HH].[HH].[HH].[HH].[HH]. The predicted molar refractivity (Wildman–Crippen MR) is 76.2 cm³/mol. The molecule has 0 rings (SSSR count). The molecule has 0 aromatic rings. The molecule has 0 fully saturated rings. The van der Waals surface area contributed by atoms with Crippen molar-refractivity contribution in [1.29, 1.82) is 0 Å². The maximum atomic E-state index is 2.21. The Morgan fingerprint density at radius 3 is 0.818 bits per heavy atom. The fourth-order valence-corrected chi connectivity index (χ4v) is 0.354. The third kappa shape index (κ3) is 160. The lowest BCUT2D eigenvalue weighted by Gasteiger charge is -1.79. The lowest BCUT2D eigenvalue weighted by Crippen LogP contribution is -1.59. The third-order valence-electron chi connectivity index (χ3n) is 0.707. The van der Waals surface area contributed by atoms with Gasteiger partial charge in [-0.25, -0.2) is 0 Å². The van der Waals surface area contributed by atoms with E-state index in [1.54, 1.807) is 0 Å². The Bertz CT molecular complexity index is 21.8. The lowest BCUT2D eigenvalue weighted by atomic mass is 10.3. The van der Waals surface area contributed by atoms with Gasteiger partial charge in [-0.3, -0.25) is 0 Å². The maximum absolute atomic E-state index is 2.21. The van der Waals surface area contributed by atoms with Crippen molar-refractivity contribution in [3.63, 3.8) is 0 Å². The van der Waals surface area contributed by atoms with Crippen molar-refractivity contribution in [2.75, 3.05) is 0 Å². The molecule has 0 aromatic carbocycles. The van der Waals surface area contributed by atoms with Crippen molar-refractivity contribution < 1.29 is 7.13 Å². The predicted octanol–water partition coefficient (Wildman–Crippen LogP) is 7.24. The van der Waals surface area contributed by atoms with E-state index < -0.39 is 0 Å². The monoisotopic (exact) mass is 178 g/mol. The summed E-state index contributed by atoms with van der Waals surface area (Å²) in [7, 11) is 0. The van der Waals surface area contributed by atoms with Crippen molar-refractivity contribution in [3.8, 4) is 0 Å². The summed E-state index contributed by atoms with van der Waals surface area (Å²) in [6.45, 7) is 4.42. The molecule has 0 N–H and O–H groups in total. The van der Waals surface area contributed by atoms with Crippen molar-refractivity contribution in [3.05, 3.63) is 0 Å². The van der Waals surface area contributed by atoms with Gasteiger partial charge in [0.1, 0.15) is 0 Å². The van der Waals surface area contributed by atoms with E-state index in [9.17, 15) is 0 Å². The van der Waals surface area contributed by atoms with Gasteiger partial charge in [-0.05, 0) is 0 Å². The number of hydrogen-bond acceptors (Lipinski definition) is 0. The highest BCUT2D eigenvalue weighted by molar-refractivity contribution is 4.24. The second-order valence-electron chi connectivity index (χ2n) is 1.35. The van der Waals surface area contributed by atoms with Gasteiger partial charge in [-0.1, -0.05) is 77.7 Å². The first-order valence-electron chi connectivity index (χ1n) is 2.41. The zero-order valence-electron chi connectivity index (χ0n) is 4.12. The van der Waals surface area contributed by atoms with Crippen molar-refractivity contribution in [2.24, 2.45) is 0 Å². The van der Waals surface area contributed by atoms with Gasteiger partial charge in [0, 0.05) is 7.13 Å². The molecular weight excluding hydrogens is 132 g/mol. The van der Waals surface area contributed by atoms with Crippen LogP contribution in [0, 0.1) is 0 Å². The summed E-state index contributed by atoms with van der Waals surface area (Å²) in [5.74, 6) is 0. The average molecular weight is 178 g/mol. The first-order valence-corrected chi connectivity index (χ1v) is 2.41. The second-order valence-corrected chi connectivity index (χ2v) is 1.35. The van der Waals surface area contributed by atoms with Crippen LogP contribution in [0.5, 0.6) is 0 Å². The minimum absolute atomic E-state index is 0. The molecule has 0 atom stereocenters. The van der Waals surface area contributed by atoms with Crippen molar-refractivity contribution in [2.45, 2.75) is 77.7 Å². The molecule has 0 spiro atoms. The van der Waals surface area contributed by atoms with Crippen LogP contribution in [0.3, 0.4) is 0 Å². The Morgan fingerprint density at radius 1 is 0.636 bits per heavy atom. The topological polar surface area (TPSA) is 0 Å². The van der Waals surface area contributed by atoms with Gasteiger partial charge in [0.2, 0.25) is 0 Å². The van der Waals surface area contributed by atoms with Crippen LogP contribution in [0.4, 0.5) is 0 Å². The molecule has 0 radical (unpaired) electrons. The van der Waals surface area contributed by atoms with Crippen LogP contribution in [0.15, 0.2) is 0 Å². The van der Waals surface area contributed by atoms with Crippen LogP contribution in [0.2, 0.25) is 0 Å². The van der Waals surface area contributed by atoms with Crippen LogP contribution in [0.1, 0.15) is 84.8 Å². The standard InChI is InChI=1S/C5H12.6CH4.5H2/c1-3-5-4-2;;;;;;;;;;;/h3-5H2,1-2H3;6*1H4;5*1H. The lowest BCUT2D eigenvalue weighted by molar-refractivity contribution is 0.772. The first kappa shape index (κ1) is 68.8. The van der Waals surface area contributed by atoms with E-state index in [0.717, 1.165) is 0 Å². The zero-order chi connectivity index (χ0) is 4.12. The highest BCUT2D eigenvalue weighted by Gasteiger charge is 1.68. The van der Waals surface area contributed by atoms with Gasteiger partial charge < -0.3 is 0 Å². The van der Waals surface area contributed by atoms with Crippen LogP contribution in [-0.4, -0.2) is 0 Å². The summed E-state index contributed by atoms with van der Waals surface area (Å²) in [6.07, 6.45) is 4.08. The summed E-state index contributed by atoms with van der Waals surface area (Å²) < 4.78 is 0. The molecule has 0 bridgehead atoms. The molecule has 0 heteroatoms. The molecule has 0 aliphatic rings. The largest absolute Gasteiger partial charge is 0.0776 e. The second kappa shape index (κ2) is 90.0. The molecule has 0 aromatic heterocycles. The molecular formula is C11H46. The molecule has 0 aliphatic carbocycles. The van der Waals surface area contributed by atoms with E-state index in [-0.39, 0.29) is 51.7 Å². The zero-order valence-corrected chi connectivity index (χ0v) is 4.12. The van der Waals surface area contributed by atoms with Gasteiger partial charge >= 0.3 is 0 Å². The number of unbranched alkanes of at least 4 members (excludes halogenated alkanes) is 2. The van der Waals surface area contributed by atoms with E-state index in [1.165, 1.54) is 19.3 Å². The van der Waals surface area contributed by atoms with Gasteiger partial charge in [-0.2, -0.15) is 0 Å². The normalized spacial score (nSPS) is 3.82. The minimum atomic E-state index is 0. The molecule has 0 heterocycles. The average Bonchev–Trinajstić information content (AvgIpc) is 1.41. The molecule has 0 aliphatic heterocycles. The van der Waals surface area contributed by atoms with Gasteiger partial charge in [0.05, 0.1) is 0 Å². The Labute approximate surface area is 85.8 Å². The van der Waals surface area contributed by atoms with Crippen LogP contribution in [0.25, 0.3) is 0 Å². The Morgan fingerprint density at radius 2 is 0.818 bits per heavy atom. The summed E-state index contributed by atoms with van der Waals surface area (Å²) in [4.78, 5) is 0. The van der Waals surface area contributed by atoms with Crippen molar-refractivity contribution in [1.82, 2.24) is 0 Å². The Balaban J connectivity index is -0.00000000145. The minimum Gasteiger partial charge on any atom is -0.0776 e. The summed E-state index contributed by atoms with van der Waals surface area (Å²) >= 11 is 0. The highest BCUT2D eigenvalue weighted by atomic mass is 13.7. The van der Waals surface area contributed by atoms with E-state index in [1.807, 2.05) is 0 Å². The van der Waals surface area contributed by atoms with Gasteiger partial charge in [0.15, 0.2) is 0 Å². The Hall–Kier alpha value is 0. The number of rotatable bonds is 2. The molecule has 0 unspecified atom stereocenters. The summed E-state index contributed by atoms with van der Waals surface area (Å²) in [6, 6.07) is 0. The molecule has 90 valence electrons. The Kier molecular flexibility index (Phi) is 562. The fraction of sp³-hybridized carbons (Fsp3) is 1.00. The third-order valence-corrected chi connectivity index (χ3v) is 0.707. The molecule has 0 nitrogen and oxygen atoms in total. The smallest absolute Gasteiger partial charge is 0 e. The van der Waals surface area contributed by atoms with E-state index in [2.05, 4.69) is 13.8 Å². The van der Waals surface area contributed by atoms with E-state index in [0.29, 0.717) is 0 Å². The maximum Gasteiger partial charge on any atom is 0 e. The molecule has 0 saturated carbocycles. The molecule has 0 saturated heterocycles.